The van der Waals surface area contributed by atoms with Crippen molar-refractivity contribution in [2.24, 2.45) is 0 Å². The van der Waals surface area contributed by atoms with Crippen molar-refractivity contribution in [3.63, 3.8) is 0 Å². The zero-order chi connectivity index (χ0) is 15.7. The number of nitrogens with one attached hydrogen (secondary N) is 1. The number of furan rings is 1. The Kier molecular flexibility index (Phi) is 3.53. The summed E-state index contributed by atoms with van der Waals surface area (Å²) in [5.74, 6) is -0.0841. The molecule has 0 aliphatic carbocycles. The van der Waals surface area contributed by atoms with E-state index in [1.807, 2.05) is 0 Å². The fourth-order valence-corrected chi connectivity index (χ4v) is 2.99. The number of hydrogen-bond donors (Lipinski definition) is 1. The first-order valence-corrected chi connectivity index (χ1v) is 7.48. The number of carbonyl (C=O) groups is 1. The molecule has 0 saturated heterocycles. The molecular weight excluding hydrogens is 302 g/mol. The Morgan fingerprint density at radius 1 is 1.41 bits per heavy atom. The van der Waals surface area contributed by atoms with Crippen LogP contribution in [0.1, 0.15) is 37.0 Å². The van der Waals surface area contributed by atoms with E-state index in [-0.39, 0.29) is 17.1 Å². The molecule has 0 fully saturated rings. The van der Waals surface area contributed by atoms with Gasteiger partial charge >= 0.3 is 0 Å². The predicted octanol–water partition coefficient (Wildman–Crippen LogP) is 2.87. The molecule has 1 amide bonds. The Labute approximate surface area is 131 Å². The summed E-state index contributed by atoms with van der Waals surface area (Å²) in [6.45, 7) is 6.17. The van der Waals surface area contributed by atoms with Gasteiger partial charge in [0, 0.05) is 5.41 Å². The van der Waals surface area contributed by atoms with E-state index in [9.17, 15) is 4.79 Å². The molecule has 0 unspecified atom stereocenters. The van der Waals surface area contributed by atoms with Gasteiger partial charge in [0.2, 0.25) is 0 Å². The smallest absolute Gasteiger partial charge is 0.293 e. The van der Waals surface area contributed by atoms with Gasteiger partial charge in [0.15, 0.2) is 10.9 Å². The SMILES string of the molecule is CC(C)(C)c1nc(NC(=O)c2ccco2)sc1-n1cncn1. The van der Waals surface area contributed by atoms with E-state index in [0.29, 0.717) is 5.13 Å². The van der Waals surface area contributed by atoms with E-state index < -0.39 is 0 Å². The molecule has 0 aromatic carbocycles. The normalized spacial score (nSPS) is 11.6. The quantitative estimate of drug-likeness (QED) is 0.802. The van der Waals surface area contributed by atoms with Crippen molar-refractivity contribution in [3.8, 4) is 5.00 Å². The monoisotopic (exact) mass is 317 g/mol. The number of carbonyl (C=O) groups excluding carboxylic acids is 1. The van der Waals surface area contributed by atoms with Crippen LogP contribution >= 0.6 is 11.3 Å². The van der Waals surface area contributed by atoms with Crippen molar-refractivity contribution < 1.29 is 9.21 Å². The lowest BCUT2D eigenvalue weighted by atomic mass is 9.92. The molecule has 0 spiro atoms. The lowest BCUT2D eigenvalue weighted by molar-refractivity contribution is 0.0996. The number of thiazole rings is 1. The minimum absolute atomic E-state index is 0.189. The molecule has 0 atom stereocenters. The van der Waals surface area contributed by atoms with Gasteiger partial charge < -0.3 is 4.42 Å². The molecule has 1 N–H and O–H groups in total. The third-order valence-electron chi connectivity index (χ3n) is 2.91. The Morgan fingerprint density at radius 2 is 2.23 bits per heavy atom. The summed E-state index contributed by atoms with van der Waals surface area (Å²) in [4.78, 5) is 20.6. The van der Waals surface area contributed by atoms with Crippen LogP contribution in [0.3, 0.4) is 0 Å². The van der Waals surface area contributed by atoms with Crippen LogP contribution in [-0.4, -0.2) is 25.7 Å². The topological polar surface area (TPSA) is 85.8 Å². The van der Waals surface area contributed by atoms with Crippen LogP contribution in [0.25, 0.3) is 5.00 Å². The fourth-order valence-electron chi connectivity index (χ4n) is 1.89. The second kappa shape index (κ2) is 5.38. The van der Waals surface area contributed by atoms with Gasteiger partial charge in [-0.25, -0.2) is 14.6 Å². The van der Waals surface area contributed by atoms with Crippen molar-refractivity contribution in [1.82, 2.24) is 19.7 Å². The average Bonchev–Trinajstić information content (AvgIpc) is 3.19. The molecule has 3 aromatic heterocycles. The molecule has 0 aliphatic heterocycles. The second-order valence-electron chi connectivity index (χ2n) is 5.69. The van der Waals surface area contributed by atoms with Crippen LogP contribution in [-0.2, 0) is 5.41 Å². The highest BCUT2D eigenvalue weighted by atomic mass is 32.1. The molecule has 0 aliphatic rings. The standard InChI is InChI=1S/C14H15N5O2S/c1-14(2,3)10-12(19-8-15-7-16-19)22-13(17-10)18-11(20)9-5-4-6-21-9/h4-8H,1-3H3,(H,17,18,20). The summed E-state index contributed by atoms with van der Waals surface area (Å²) in [7, 11) is 0. The summed E-state index contributed by atoms with van der Waals surface area (Å²) < 4.78 is 6.73. The molecule has 3 rings (SSSR count). The zero-order valence-electron chi connectivity index (χ0n) is 12.4. The van der Waals surface area contributed by atoms with Gasteiger partial charge in [-0.1, -0.05) is 32.1 Å². The maximum Gasteiger partial charge on any atom is 0.293 e. The highest BCUT2D eigenvalue weighted by molar-refractivity contribution is 7.18. The third-order valence-corrected chi connectivity index (χ3v) is 3.87. The second-order valence-corrected chi connectivity index (χ2v) is 6.67. The minimum atomic E-state index is -0.329. The van der Waals surface area contributed by atoms with Crippen LogP contribution in [0.4, 0.5) is 5.13 Å². The molecule has 114 valence electrons. The number of hydrogen-bond acceptors (Lipinski definition) is 6. The highest BCUT2D eigenvalue weighted by Gasteiger charge is 2.25. The Balaban J connectivity index is 1.95. The molecule has 3 heterocycles. The molecule has 0 saturated carbocycles. The molecular formula is C14H15N5O2S. The first kappa shape index (κ1) is 14.5. The van der Waals surface area contributed by atoms with Gasteiger partial charge in [0.05, 0.1) is 12.0 Å². The summed E-state index contributed by atoms with van der Waals surface area (Å²) in [6, 6.07) is 3.27. The summed E-state index contributed by atoms with van der Waals surface area (Å²) >= 11 is 1.35. The zero-order valence-corrected chi connectivity index (χ0v) is 13.2. The van der Waals surface area contributed by atoms with Crippen molar-refractivity contribution >= 4 is 22.4 Å². The van der Waals surface area contributed by atoms with Crippen LogP contribution < -0.4 is 5.32 Å². The number of aromatic nitrogens is 4. The average molecular weight is 317 g/mol. The third kappa shape index (κ3) is 2.77. The highest BCUT2D eigenvalue weighted by Crippen LogP contribution is 2.34. The molecule has 22 heavy (non-hydrogen) atoms. The van der Waals surface area contributed by atoms with Crippen LogP contribution in [0.15, 0.2) is 35.5 Å². The lowest BCUT2D eigenvalue weighted by Gasteiger charge is -2.16. The van der Waals surface area contributed by atoms with E-state index in [1.54, 1.807) is 23.1 Å². The van der Waals surface area contributed by atoms with Gasteiger partial charge in [-0.05, 0) is 12.1 Å². The molecule has 8 heteroatoms. The number of anilines is 1. The Bertz CT molecular complexity index is 769. The van der Waals surface area contributed by atoms with Gasteiger partial charge in [-0.15, -0.1) is 0 Å². The van der Waals surface area contributed by atoms with Gasteiger partial charge in [0.1, 0.15) is 17.7 Å². The molecule has 0 radical (unpaired) electrons. The van der Waals surface area contributed by atoms with Gasteiger partial charge in [-0.2, -0.15) is 5.10 Å². The Hall–Kier alpha value is -2.48. The first-order chi connectivity index (χ1) is 10.4. The van der Waals surface area contributed by atoms with Gasteiger partial charge in [0.25, 0.3) is 5.91 Å². The maximum atomic E-state index is 12.1. The van der Waals surface area contributed by atoms with Crippen LogP contribution in [0, 0.1) is 0 Å². The van der Waals surface area contributed by atoms with E-state index in [4.69, 9.17) is 4.42 Å². The summed E-state index contributed by atoms with van der Waals surface area (Å²) in [5.41, 5.74) is 0.656. The maximum absolute atomic E-state index is 12.1. The largest absolute Gasteiger partial charge is 0.459 e. The van der Waals surface area contributed by atoms with E-state index in [2.05, 4.69) is 41.2 Å². The number of rotatable bonds is 3. The summed E-state index contributed by atoms with van der Waals surface area (Å²) in [6.07, 6.45) is 4.53. The molecule has 0 bridgehead atoms. The van der Waals surface area contributed by atoms with Crippen molar-refractivity contribution in [3.05, 3.63) is 42.5 Å². The van der Waals surface area contributed by atoms with Gasteiger partial charge in [-0.3, -0.25) is 10.1 Å². The lowest BCUT2D eigenvalue weighted by Crippen LogP contribution is -2.16. The van der Waals surface area contributed by atoms with Crippen molar-refractivity contribution in [1.29, 1.82) is 0 Å². The first-order valence-electron chi connectivity index (χ1n) is 6.66. The molecule has 7 nitrogen and oxygen atoms in total. The number of amides is 1. The number of nitrogens with zero attached hydrogens (tertiary/aromatic N) is 4. The van der Waals surface area contributed by atoms with Crippen molar-refractivity contribution in [2.45, 2.75) is 26.2 Å². The van der Waals surface area contributed by atoms with Crippen molar-refractivity contribution in [2.75, 3.05) is 5.32 Å². The van der Waals surface area contributed by atoms with Crippen LogP contribution in [0.2, 0.25) is 0 Å². The van der Waals surface area contributed by atoms with Crippen LogP contribution in [0.5, 0.6) is 0 Å². The van der Waals surface area contributed by atoms with E-state index in [0.717, 1.165) is 10.7 Å². The van der Waals surface area contributed by atoms with E-state index >= 15 is 0 Å². The molecule has 3 aromatic rings. The minimum Gasteiger partial charge on any atom is -0.459 e. The summed E-state index contributed by atoms with van der Waals surface area (Å²) in [5, 5.41) is 8.23. The Morgan fingerprint density at radius 3 is 2.82 bits per heavy atom. The van der Waals surface area contributed by atoms with E-state index in [1.165, 1.54) is 23.9 Å². The fraction of sp³-hybridized carbons (Fsp3) is 0.286. The predicted molar refractivity (Wildman–Crippen MR) is 82.4 cm³/mol.